The zero-order valence-corrected chi connectivity index (χ0v) is 20.2. The van der Waals surface area contributed by atoms with E-state index >= 15 is 0 Å². The molecule has 0 aromatic heterocycles. The summed E-state index contributed by atoms with van der Waals surface area (Å²) in [6.07, 6.45) is 1.91. The van der Waals surface area contributed by atoms with E-state index in [4.69, 9.17) is 14.5 Å². The number of carbonyl (C=O) groups excluding carboxylic acids is 2. The zero-order chi connectivity index (χ0) is 23.8. The van der Waals surface area contributed by atoms with E-state index in [9.17, 15) is 9.59 Å². The molecule has 1 heterocycles. The number of nitrogens with zero attached hydrogens (tertiary/aromatic N) is 1. The Morgan fingerprint density at radius 3 is 2.70 bits per heavy atom. The Morgan fingerprint density at radius 1 is 1.15 bits per heavy atom. The van der Waals surface area contributed by atoms with E-state index in [1.54, 1.807) is 14.0 Å². The molecule has 174 valence electrons. The lowest BCUT2D eigenvalue weighted by molar-refractivity contribution is -0.142. The van der Waals surface area contributed by atoms with E-state index in [0.29, 0.717) is 23.9 Å². The molecular weight excluding hydrogens is 438 g/mol. The molecule has 0 unspecified atom stereocenters. The SMILES string of the molecule is CCOC(=O)CC1=CC(SCC(=O)NCc2cccc(OC)c2)=Nc2cc(C)c(C)cc2N1. The van der Waals surface area contributed by atoms with E-state index in [1.807, 2.05) is 56.3 Å². The second-order valence-corrected chi connectivity index (χ2v) is 8.59. The van der Waals surface area contributed by atoms with Gasteiger partial charge < -0.3 is 20.1 Å². The predicted octanol–water partition coefficient (Wildman–Crippen LogP) is 4.65. The molecule has 0 atom stereocenters. The molecule has 0 bridgehead atoms. The molecule has 2 N–H and O–H groups in total. The van der Waals surface area contributed by atoms with Gasteiger partial charge in [0.2, 0.25) is 5.91 Å². The van der Waals surface area contributed by atoms with Gasteiger partial charge in [-0.05, 0) is 67.8 Å². The summed E-state index contributed by atoms with van der Waals surface area (Å²) in [5.41, 5.74) is 5.48. The molecular formula is C25H29N3O4S. The smallest absolute Gasteiger partial charge is 0.311 e. The molecule has 33 heavy (non-hydrogen) atoms. The average molecular weight is 468 g/mol. The maximum Gasteiger partial charge on any atom is 0.311 e. The zero-order valence-electron chi connectivity index (χ0n) is 19.4. The number of amides is 1. The Kier molecular flexibility index (Phi) is 8.54. The van der Waals surface area contributed by atoms with Crippen LogP contribution in [0.4, 0.5) is 11.4 Å². The number of hydrogen-bond donors (Lipinski definition) is 2. The van der Waals surface area contributed by atoms with E-state index in [0.717, 1.165) is 33.8 Å². The minimum Gasteiger partial charge on any atom is -0.497 e. The topological polar surface area (TPSA) is 89.0 Å². The van der Waals surface area contributed by atoms with Gasteiger partial charge in [0.05, 0.1) is 42.3 Å². The van der Waals surface area contributed by atoms with Crippen LogP contribution in [0.2, 0.25) is 0 Å². The van der Waals surface area contributed by atoms with E-state index in [1.165, 1.54) is 11.8 Å². The third-order valence-corrected chi connectivity index (χ3v) is 5.96. The highest BCUT2D eigenvalue weighted by atomic mass is 32.2. The number of aryl methyl sites for hydroxylation is 2. The fourth-order valence-corrected chi connectivity index (χ4v) is 3.98. The second-order valence-electron chi connectivity index (χ2n) is 7.60. The molecule has 1 aliphatic rings. The monoisotopic (exact) mass is 467 g/mol. The van der Waals surface area contributed by atoms with Crippen LogP contribution < -0.4 is 15.4 Å². The molecule has 0 saturated carbocycles. The van der Waals surface area contributed by atoms with Crippen molar-refractivity contribution in [3.05, 3.63) is 64.9 Å². The minimum atomic E-state index is -0.316. The fraction of sp³-hybridized carbons (Fsp3) is 0.320. The van der Waals surface area contributed by atoms with E-state index < -0.39 is 0 Å². The lowest BCUT2D eigenvalue weighted by Gasteiger charge is -2.12. The normalized spacial score (nSPS) is 12.5. The van der Waals surface area contributed by atoms with Crippen LogP contribution in [0, 0.1) is 13.8 Å². The maximum atomic E-state index is 12.5. The first-order valence-corrected chi connectivity index (χ1v) is 11.7. The summed E-state index contributed by atoms with van der Waals surface area (Å²) < 4.78 is 10.3. The van der Waals surface area contributed by atoms with Gasteiger partial charge in [0.1, 0.15) is 5.75 Å². The van der Waals surface area contributed by atoms with Crippen molar-refractivity contribution in [3.8, 4) is 5.75 Å². The molecule has 1 aliphatic heterocycles. The Morgan fingerprint density at radius 2 is 1.94 bits per heavy atom. The van der Waals surface area contributed by atoms with Crippen molar-refractivity contribution in [2.45, 2.75) is 33.7 Å². The molecule has 8 heteroatoms. The van der Waals surface area contributed by atoms with E-state index in [2.05, 4.69) is 10.6 Å². The molecule has 2 aromatic carbocycles. The molecule has 3 rings (SSSR count). The molecule has 0 radical (unpaired) electrons. The lowest BCUT2D eigenvalue weighted by Crippen LogP contribution is -2.25. The second kappa shape index (κ2) is 11.6. The van der Waals surface area contributed by atoms with Gasteiger partial charge in [0.15, 0.2) is 0 Å². The molecule has 2 aromatic rings. The van der Waals surface area contributed by atoms with Crippen LogP contribution in [0.5, 0.6) is 5.75 Å². The number of benzene rings is 2. The molecule has 0 saturated heterocycles. The fourth-order valence-electron chi connectivity index (χ4n) is 3.21. The number of thioether (sulfide) groups is 1. The van der Waals surface area contributed by atoms with Gasteiger partial charge in [0.25, 0.3) is 0 Å². The number of carbonyl (C=O) groups is 2. The van der Waals surface area contributed by atoms with Crippen molar-refractivity contribution in [2.24, 2.45) is 4.99 Å². The highest BCUT2D eigenvalue weighted by Crippen LogP contribution is 2.33. The van der Waals surface area contributed by atoms with Crippen LogP contribution in [0.25, 0.3) is 0 Å². The number of hydrogen-bond acceptors (Lipinski definition) is 7. The molecule has 0 fully saturated rings. The molecule has 1 amide bonds. The standard InChI is InChI=1S/C25H29N3O4S/c1-5-32-25(30)13-19-12-24(28-22-10-17(3)16(2)9-21(22)27-19)33-15-23(29)26-14-18-7-6-8-20(11-18)31-4/h6-12,27H,5,13-15H2,1-4H3,(H,26,29). The first-order valence-electron chi connectivity index (χ1n) is 10.7. The van der Waals surface area contributed by atoms with Crippen molar-refractivity contribution < 1.29 is 19.1 Å². The van der Waals surface area contributed by atoms with Gasteiger partial charge in [-0.1, -0.05) is 23.9 Å². The third-order valence-electron chi connectivity index (χ3n) is 5.05. The first-order chi connectivity index (χ1) is 15.9. The number of rotatable bonds is 8. The van der Waals surface area contributed by atoms with E-state index in [-0.39, 0.29) is 24.1 Å². The van der Waals surface area contributed by atoms with Crippen LogP contribution in [-0.2, 0) is 20.9 Å². The largest absolute Gasteiger partial charge is 0.497 e. The summed E-state index contributed by atoms with van der Waals surface area (Å²) in [6.45, 7) is 6.58. The number of nitrogens with one attached hydrogen (secondary N) is 2. The Hall–Kier alpha value is -3.26. The summed E-state index contributed by atoms with van der Waals surface area (Å²) in [6, 6.07) is 11.6. The average Bonchev–Trinajstić information content (AvgIpc) is 2.95. The number of esters is 1. The van der Waals surface area contributed by atoms with Crippen LogP contribution >= 0.6 is 11.8 Å². The Balaban J connectivity index is 1.70. The van der Waals surface area contributed by atoms with Crippen molar-refractivity contribution >= 4 is 40.1 Å². The Bertz CT molecular complexity index is 1100. The van der Waals surface area contributed by atoms with Crippen LogP contribution in [0.3, 0.4) is 0 Å². The summed E-state index contributed by atoms with van der Waals surface area (Å²) >= 11 is 1.32. The minimum absolute atomic E-state index is 0.0990. The van der Waals surface area contributed by atoms with Gasteiger partial charge in [0, 0.05) is 12.2 Å². The van der Waals surface area contributed by atoms with Gasteiger partial charge in [-0.25, -0.2) is 4.99 Å². The van der Waals surface area contributed by atoms with Gasteiger partial charge >= 0.3 is 5.97 Å². The molecule has 0 spiro atoms. The number of methoxy groups -OCH3 is 1. The van der Waals surface area contributed by atoms with Crippen molar-refractivity contribution in [2.75, 3.05) is 24.8 Å². The molecule has 7 nitrogen and oxygen atoms in total. The molecule has 0 aliphatic carbocycles. The lowest BCUT2D eigenvalue weighted by atomic mass is 10.1. The quantitative estimate of drug-likeness (QED) is 0.549. The number of aliphatic imine (C=N–C) groups is 1. The number of fused-ring (bicyclic) bond motifs is 1. The summed E-state index contributed by atoms with van der Waals surface area (Å²) in [5, 5.41) is 6.89. The summed E-state index contributed by atoms with van der Waals surface area (Å²) in [5.74, 6) is 0.527. The highest BCUT2D eigenvalue weighted by Gasteiger charge is 2.16. The van der Waals surface area contributed by atoms with Gasteiger partial charge in [-0.15, -0.1) is 0 Å². The van der Waals surface area contributed by atoms with Crippen molar-refractivity contribution in [1.29, 1.82) is 0 Å². The Labute approximate surface area is 198 Å². The first kappa shape index (κ1) is 24.4. The number of ether oxygens (including phenoxy) is 2. The highest BCUT2D eigenvalue weighted by molar-refractivity contribution is 8.14. The summed E-state index contributed by atoms with van der Waals surface area (Å²) in [7, 11) is 1.61. The predicted molar refractivity (Wildman–Crippen MR) is 133 cm³/mol. The third kappa shape index (κ3) is 7.12. The van der Waals surface area contributed by atoms with Crippen LogP contribution in [0.1, 0.15) is 30.0 Å². The van der Waals surface area contributed by atoms with Crippen molar-refractivity contribution in [3.63, 3.8) is 0 Å². The number of anilines is 1. The van der Waals surface area contributed by atoms with Gasteiger partial charge in [-0.3, -0.25) is 9.59 Å². The van der Waals surface area contributed by atoms with Crippen LogP contribution in [0.15, 0.2) is 53.2 Å². The van der Waals surface area contributed by atoms with Gasteiger partial charge in [-0.2, -0.15) is 0 Å². The van der Waals surface area contributed by atoms with Crippen molar-refractivity contribution in [1.82, 2.24) is 5.32 Å². The summed E-state index contributed by atoms with van der Waals surface area (Å²) in [4.78, 5) is 29.3. The van der Waals surface area contributed by atoms with Crippen LogP contribution in [-0.4, -0.2) is 36.4 Å². The maximum absolute atomic E-state index is 12.5.